The predicted molar refractivity (Wildman–Crippen MR) is 54.8 cm³/mol. The van der Waals surface area contributed by atoms with Crippen LogP contribution in [-0.2, 0) is 0 Å². The lowest BCUT2D eigenvalue weighted by molar-refractivity contribution is 0.869. The summed E-state index contributed by atoms with van der Waals surface area (Å²) in [6.07, 6.45) is 0. The Morgan fingerprint density at radius 1 is 1.42 bits per heavy atom. The zero-order chi connectivity index (χ0) is 9.14. The molecule has 0 atom stereocenters. The Kier molecular flexibility index (Phi) is 2.92. The smallest absolute Gasteiger partial charge is 0.182 e. The number of thiazole rings is 1. The highest BCUT2D eigenvalue weighted by Crippen LogP contribution is 2.28. The SMILES string of the molecule is CCN(CC)c1sc(N)nc1C. The van der Waals surface area contributed by atoms with Gasteiger partial charge in [0.2, 0.25) is 0 Å². The van der Waals surface area contributed by atoms with Gasteiger partial charge in [-0.3, -0.25) is 0 Å². The molecule has 0 saturated heterocycles. The number of nitrogens with two attached hydrogens (primary N) is 1. The van der Waals surface area contributed by atoms with Crippen LogP contribution in [0.4, 0.5) is 10.1 Å². The quantitative estimate of drug-likeness (QED) is 0.781. The van der Waals surface area contributed by atoms with Gasteiger partial charge in [0.15, 0.2) is 5.13 Å². The molecule has 0 aliphatic rings. The number of rotatable bonds is 3. The first-order chi connectivity index (χ1) is 5.69. The Bertz CT molecular complexity index is 253. The Morgan fingerprint density at radius 2 is 2.00 bits per heavy atom. The molecule has 0 fully saturated rings. The first-order valence-corrected chi connectivity index (χ1v) is 4.98. The van der Waals surface area contributed by atoms with Crippen molar-refractivity contribution in [1.29, 1.82) is 0 Å². The third kappa shape index (κ3) is 1.69. The highest BCUT2D eigenvalue weighted by atomic mass is 32.1. The molecular formula is C8H15N3S. The second-order valence-corrected chi connectivity index (χ2v) is 3.62. The Hall–Kier alpha value is -0.770. The summed E-state index contributed by atoms with van der Waals surface area (Å²) in [5.41, 5.74) is 6.65. The van der Waals surface area contributed by atoms with Crippen LogP contribution >= 0.6 is 11.3 Å². The molecular weight excluding hydrogens is 170 g/mol. The molecule has 2 N–H and O–H groups in total. The molecule has 68 valence electrons. The summed E-state index contributed by atoms with van der Waals surface area (Å²) in [7, 11) is 0. The molecule has 0 spiro atoms. The van der Waals surface area contributed by atoms with Crippen molar-refractivity contribution in [3.63, 3.8) is 0 Å². The molecule has 0 aromatic carbocycles. The number of nitrogen functional groups attached to an aromatic ring is 1. The van der Waals surface area contributed by atoms with Gasteiger partial charge in [-0.05, 0) is 20.8 Å². The van der Waals surface area contributed by atoms with E-state index >= 15 is 0 Å². The molecule has 1 rings (SSSR count). The number of nitrogens with zero attached hydrogens (tertiary/aromatic N) is 2. The summed E-state index contributed by atoms with van der Waals surface area (Å²) in [5, 5.41) is 1.87. The molecule has 12 heavy (non-hydrogen) atoms. The molecule has 1 aromatic rings. The van der Waals surface area contributed by atoms with Crippen molar-refractivity contribution in [2.45, 2.75) is 20.8 Å². The zero-order valence-electron chi connectivity index (χ0n) is 7.79. The van der Waals surface area contributed by atoms with E-state index in [-0.39, 0.29) is 0 Å². The lowest BCUT2D eigenvalue weighted by Gasteiger charge is -2.18. The van der Waals surface area contributed by atoms with Gasteiger partial charge in [-0.1, -0.05) is 11.3 Å². The van der Waals surface area contributed by atoms with Crippen LogP contribution in [0, 0.1) is 6.92 Å². The third-order valence-electron chi connectivity index (χ3n) is 1.84. The first kappa shape index (κ1) is 9.32. The summed E-state index contributed by atoms with van der Waals surface area (Å²) in [4.78, 5) is 6.45. The molecule has 3 nitrogen and oxygen atoms in total. The molecule has 0 amide bonds. The summed E-state index contributed by atoms with van der Waals surface area (Å²) in [6, 6.07) is 0. The van der Waals surface area contributed by atoms with Gasteiger partial charge in [-0.25, -0.2) is 4.98 Å². The Morgan fingerprint density at radius 3 is 2.33 bits per heavy atom. The Balaban J connectivity index is 2.91. The van der Waals surface area contributed by atoms with Crippen LogP contribution in [0.25, 0.3) is 0 Å². The van der Waals surface area contributed by atoms with Crippen molar-refractivity contribution in [2.75, 3.05) is 23.7 Å². The molecule has 0 saturated carbocycles. The maximum Gasteiger partial charge on any atom is 0.182 e. The molecule has 0 bridgehead atoms. The predicted octanol–water partition coefficient (Wildman–Crippen LogP) is 1.88. The van der Waals surface area contributed by atoms with Gasteiger partial charge in [-0.15, -0.1) is 0 Å². The number of aryl methyl sites for hydroxylation is 1. The fraction of sp³-hybridized carbons (Fsp3) is 0.625. The maximum absolute atomic E-state index is 5.61. The summed E-state index contributed by atoms with van der Waals surface area (Å²) in [6.45, 7) is 8.30. The number of aromatic nitrogens is 1. The van der Waals surface area contributed by atoms with Gasteiger partial charge in [0.05, 0.1) is 5.69 Å². The number of anilines is 2. The molecule has 0 aliphatic carbocycles. The van der Waals surface area contributed by atoms with Gasteiger partial charge < -0.3 is 10.6 Å². The lowest BCUT2D eigenvalue weighted by atomic mass is 10.4. The third-order valence-corrected chi connectivity index (χ3v) is 2.89. The van der Waals surface area contributed by atoms with Gasteiger partial charge in [0, 0.05) is 13.1 Å². The second kappa shape index (κ2) is 3.76. The van der Waals surface area contributed by atoms with E-state index in [0.29, 0.717) is 5.13 Å². The Labute approximate surface area is 77.2 Å². The van der Waals surface area contributed by atoms with E-state index in [2.05, 4.69) is 23.7 Å². The minimum absolute atomic E-state index is 0.661. The van der Waals surface area contributed by atoms with E-state index in [1.807, 2.05) is 6.92 Å². The van der Waals surface area contributed by atoms with Gasteiger partial charge in [0.1, 0.15) is 5.00 Å². The van der Waals surface area contributed by atoms with Crippen molar-refractivity contribution < 1.29 is 0 Å². The van der Waals surface area contributed by atoms with Crippen molar-refractivity contribution in [3.05, 3.63) is 5.69 Å². The van der Waals surface area contributed by atoms with Crippen LogP contribution in [0.2, 0.25) is 0 Å². The van der Waals surface area contributed by atoms with E-state index in [1.54, 1.807) is 11.3 Å². The molecule has 1 aromatic heterocycles. The fourth-order valence-corrected chi connectivity index (χ4v) is 2.17. The van der Waals surface area contributed by atoms with E-state index < -0.39 is 0 Å². The average molecular weight is 185 g/mol. The number of hydrogen-bond acceptors (Lipinski definition) is 4. The van der Waals surface area contributed by atoms with Crippen molar-refractivity contribution in [2.24, 2.45) is 0 Å². The zero-order valence-corrected chi connectivity index (χ0v) is 8.61. The standard InChI is InChI=1S/C8H15N3S/c1-4-11(5-2)7-6(3)10-8(9)12-7/h4-5H2,1-3H3,(H2,9,10). The van der Waals surface area contributed by atoms with Crippen molar-refractivity contribution in [1.82, 2.24) is 4.98 Å². The molecule has 0 radical (unpaired) electrons. The van der Waals surface area contributed by atoms with Gasteiger partial charge in [0.25, 0.3) is 0 Å². The highest BCUT2D eigenvalue weighted by molar-refractivity contribution is 7.19. The average Bonchev–Trinajstić information content (AvgIpc) is 2.34. The van der Waals surface area contributed by atoms with Crippen LogP contribution in [-0.4, -0.2) is 18.1 Å². The van der Waals surface area contributed by atoms with Crippen LogP contribution < -0.4 is 10.6 Å². The van der Waals surface area contributed by atoms with Gasteiger partial charge in [-0.2, -0.15) is 0 Å². The van der Waals surface area contributed by atoms with Crippen molar-refractivity contribution >= 4 is 21.5 Å². The van der Waals surface area contributed by atoms with Crippen LogP contribution in [0.3, 0.4) is 0 Å². The molecule has 1 heterocycles. The van der Waals surface area contributed by atoms with E-state index in [4.69, 9.17) is 5.73 Å². The van der Waals surface area contributed by atoms with Gasteiger partial charge >= 0.3 is 0 Å². The van der Waals surface area contributed by atoms with E-state index in [0.717, 1.165) is 18.8 Å². The van der Waals surface area contributed by atoms with E-state index in [1.165, 1.54) is 5.00 Å². The fourth-order valence-electron chi connectivity index (χ4n) is 1.21. The molecule has 0 unspecified atom stereocenters. The largest absolute Gasteiger partial charge is 0.375 e. The summed E-state index contributed by atoms with van der Waals surface area (Å²) < 4.78 is 0. The van der Waals surface area contributed by atoms with E-state index in [9.17, 15) is 0 Å². The van der Waals surface area contributed by atoms with Crippen molar-refractivity contribution in [3.8, 4) is 0 Å². The van der Waals surface area contributed by atoms with Crippen LogP contribution in [0.1, 0.15) is 19.5 Å². The highest BCUT2D eigenvalue weighted by Gasteiger charge is 2.09. The van der Waals surface area contributed by atoms with Crippen LogP contribution in [0.15, 0.2) is 0 Å². The summed E-state index contributed by atoms with van der Waals surface area (Å²) >= 11 is 1.56. The van der Waals surface area contributed by atoms with Crippen LogP contribution in [0.5, 0.6) is 0 Å². The summed E-state index contributed by atoms with van der Waals surface area (Å²) in [5.74, 6) is 0. The minimum atomic E-state index is 0.661. The monoisotopic (exact) mass is 185 g/mol. The molecule has 4 heteroatoms. The minimum Gasteiger partial charge on any atom is -0.375 e. The lowest BCUT2D eigenvalue weighted by Crippen LogP contribution is -2.21. The second-order valence-electron chi connectivity index (χ2n) is 2.61. The topological polar surface area (TPSA) is 42.1 Å². The maximum atomic E-state index is 5.61. The normalized spacial score (nSPS) is 10.2. The molecule has 0 aliphatic heterocycles. The first-order valence-electron chi connectivity index (χ1n) is 4.16. The number of hydrogen-bond donors (Lipinski definition) is 1.